The Bertz CT molecular complexity index is 827. The lowest BCUT2D eigenvalue weighted by atomic mass is 9.95. The third kappa shape index (κ3) is 4.77. The van der Waals surface area contributed by atoms with Crippen LogP contribution in [0.3, 0.4) is 0 Å². The Morgan fingerprint density at radius 3 is 2.43 bits per heavy atom. The Balaban J connectivity index is 1.53. The lowest BCUT2D eigenvalue weighted by molar-refractivity contribution is -0.121. The largest absolute Gasteiger partial charge is 0.339 e. The summed E-state index contributed by atoms with van der Waals surface area (Å²) in [5, 5.41) is 2.99. The zero-order chi connectivity index (χ0) is 20.1. The summed E-state index contributed by atoms with van der Waals surface area (Å²) >= 11 is 0. The van der Waals surface area contributed by atoms with Crippen LogP contribution in [0, 0.1) is 11.7 Å². The number of rotatable bonds is 5. The van der Waals surface area contributed by atoms with E-state index < -0.39 is 5.82 Å². The van der Waals surface area contributed by atoms with Gasteiger partial charge < -0.3 is 10.2 Å². The Kier molecular flexibility index (Phi) is 6.45. The second-order valence-corrected chi connectivity index (χ2v) is 7.50. The Morgan fingerprint density at radius 1 is 1.14 bits per heavy atom. The van der Waals surface area contributed by atoms with Crippen molar-refractivity contribution in [3.05, 3.63) is 65.5 Å². The van der Waals surface area contributed by atoms with Crippen LogP contribution in [-0.4, -0.2) is 29.8 Å². The van der Waals surface area contributed by atoms with Gasteiger partial charge in [0.25, 0.3) is 5.91 Å². The fraction of sp³-hybridized carbons (Fsp3) is 0.391. The maximum atomic E-state index is 13.3. The molecule has 5 heteroatoms. The highest BCUT2D eigenvalue weighted by molar-refractivity contribution is 5.95. The van der Waals surface area contributed by atoms with Gasteiger partial charge in [0.05, 0.1) is 0 Å². The third-order valence-electron chi connectivity index (χ3n) is 5.58. The fourth-order valence-corrected chi connectivity index (χ4v) is 3.52. The first-order valence-corrected chi connectivity index (χ1v) is 9.93. The average molecular weight is 382 g/mol. The molecule has 2 aromatic carbocycles. The molecule has 4 nitrogen and oxygen atoms in total. The number of anilines is 1. The molecule has 1 aliphatic heterocycles. The van der Waals surface area contributed by atoms with Gasteiger partial charge >= 0.3 is 0 Å². The molecular formula is C23H27FN2O2. The predicted octanol–water partition coefficient (Wildman–Crippen LogP) is 4.83. The lowest BCUT2D eigenvalue weighted by Gasteiger charge is -2.31. The molecule has 1 saturated heterocycles. The Labute approximate surface area is 165 Å². The molecule has 1 unspecified atom stereocenters. The molecule has 148 valence electrons. The Morgan fingerprint density at radius 2 is 1.82 bits per heavy atom. The molecule has 0 bridgehead atoms. The topological polar surface area (TPSA) is 49.4 Å². The summed E-state index contributed by atoms with van der Waals surface area (Å²) in [5.41, 5.74) is 2.42. The van der Waals surface area contributed by atoms with Gasteiger partial charge in [-0.15, -0.1) is 0 Å². The van der Waals surface area contributed by atoms with Crippen molar-refractivity contribution in [2.75, 3.05) is 18.4 Å². The first-order chi connectivity index (χ1) is 13.5. The van der Waals surface area contributed by atoms with Gasteiger partial charge in [-0.05, 0) is 61.1 Å². The summed E-state index contributed by atoms with van der Waals surface area (Å²) in [6.07, 6.45) is 2.30. The zero-order valence-electron chi connectivity index (χ0n) is 16.5. The molecule has 0 aromatic heterocycles. The molecule has 1 heterocycles. The summed E-state index contributed by atoms with van der Waals surface area (Å²) < 4.78 is 13.3. The first kappa shape index (κ1) is 20.1. The van der Waals surface area contributed by atoms with Crippen molar-refractivity contribution in [1.29, 1.82) is 0 Å². The van der Waals surface area contributed by atoms with E-state index in [1.54, 1.807) is 11.0 Å². The average Bonchev–Trinajstić information content (AvgIpc) is 2.73. The number of hydrogen-bond donors (Lipinski definition) is 1. The lowest BCUT2D eigenvalue weighted by Crippen LogP contribution is -2.41. The summed E-state index contributed by atoms with van der Waals surface area (Å²) in [6, 6.07) is 13.7. The predicted molar refractivity (Wildman–Crippen MR) is 109 cm³/mol. The third-order valence-corrected chi connectivity index (χ3v) is 5.58. The standard InChI is InChI=1S/C23H27FN2O2/c1-3-16(2)17-7-9-21(10-8-17)25-22(27)18-11-13-26(14-12-18)23(28)19-5-4-6-20(24)15-19/h4-10,15-16,18H,3,11-14H2,1-2H3,(H,25,27). The van der Waals surface area contributed by atoms with Crippen molar-refractivity contribution in [2.45, 2.75) is 39.0 Å². The van der Waals surface area contributed by atoms with Crippen LogP contribution in [0.4, 0.5) is 10.1 Å². The number of nitrogens with zero attached hydrogens (tertiary/aromatic N) is 1. The number of hydrogen-bond acceptors (Lipinski definition) is 2. The van der Waals surface area contributed by atoms with Crippen LogP contribution in [0.1, 0.15) is 54.9 Å². The van der Waals surface area contributed by atoms with Crippen LogP contribution in [0.5, 0.6) is 0 Å². The molecule has 0 aliphatic carbocycles. The summed E-state index contributed by atoms with van der Waals surface area (Å²) in [5.74, 6) is -0.219. The highest BCUT2D eigenvalue weighted by Gasteiger charge is 2.28. The van der Waals surface area contributed by atoms with Gasteiger partial charge in [0.1, 0.15) is 5.82 Å². The van der Waals surface area contributed by atoms with E-state index in [-0.39, 0.29) is 17.7 Å². The van der Waals surface area contributed by atoms with Gasteiger partial charge in [-0.2, -0.15) is 0 Å². The van der Waals surface area contributed by atoms with E-state index in [2.05, 4.69) is 31.3 Å². The highest BCUT2D eigenvalue weighted by Crippen LogP contribution is 2.23. The zero-order valence-corrected chi connectivity index (χ0v) is 16.5. The van der Waals surface area contributed by atoms with Crippen molar-refractivity contribution in [1.82, 2.24) is 4.90 Å². The van der Waals surface area contributed by atoms with Crippen LogP contribution >= 0.6 is 0 Å². The quantitative estimate of drug-likeness (QED) is 0.805. The second-order valence-electron chi connectivity index (χ2n) is 7.50. The maximum Gasteiger partial charge on any atom is 0.253 e. The van der Waals surface area contributed by atoms with Gasteiger partial charge in [0, 0.05) is 30.3 Å². The number of carbonyl (C=O) groups excluding carboxylic acids is 2. The number of nitrogens with one attached hydrogen (secondary N) is 1. The number of halogens is 1. The molecule has 0 spiro atoms. The Hall–Kier alpha value is -2.69. The van der Waals surface area contributed by atoms with E-state index in [9.17, 15) is 14.0 Å². The van der Waals surface area contributed by atoms with Gasteiger partial charge in [0.2, 0.25) is 5.91 Å². The summed E-state index contributed by atoms with van der Waals surface area (Å²) in [7, 11) is 0. The molecule has 0 radical (unpaired) electrons. The maximum absolute atomic E-state index is 13.3. The second kappa shape index (κ2) is 9.00. The first-order valence-electron chi connectivity index (χ1n) is 9.93. The minimum Gasteiger partial charge on any atom is -0.339 e. The molecule has 3 rings (SSSR count). The SMILES string of the molecule is CCC(C)c1ccc(NC(=O)C2CCN(C(=O)c3cccc(F)c3)CC2)cc1. The number of benzene rings is 2. The number of piperidine rings is 1. The van der Waals surface area contributed by atoms with Crippen molar-refractivity contribution in [3.8, 4) is 0 Å². The van der Waals surface area contributed by atoms with Crippen LogP contribution < -0.4 is 5.32 Å². The number of amides is 2. The minimum absolute atomic E-state index is 0.00542. The van der Waals surface area contributed by atoms with Gasteiger partial charge in [-0.1, -0.05) is 32.0 Å². The van der Waals surface area contributed by atoms with E-state index in [0.29, 0.717) is 37.4 Å². The van der Waals surface area contributed by atoms with Crippen molar-refractivity contribution in [2.24, 2.45) is 5.92 Å². The molecule has 2 aromatic rings. The highest BCUT2D eigenvalue weighted by atomic mass is 19.1. The fourth-order valence-electron chi connectivity index (χ4n) is 3.52. The smallest absolute Gasteiger partial charge is 0.253 e. The van der Waals surface area contributed by atoms with Gasteiger partial charge in [0.15, 0.2) is 0 Å². The van der Waals surface area contributed by atoms with Crippen LogP contribution in [-0.2, 0) is 4.79 Å². The molecule has 1 aliphatic rings. The molecule has 0 saturated carbocycles. The van der Waals surface area contributed by atoms with E-state index in [4.69, 9.17) is 0 Å². The van der Waals surface area contributed by atoms with Crippen LogP contribution in [0.2, 0.25) is 0 Å². The monoisotopic (exact) mass is 382 g/mol. The summed E-state index contributed by atoms with van der Waals surface area (Å²) in [6.45, 7) is 5.35. The van der Waals surface area contributed by atoms with E-state index >= 15 is 0 Å². The number of likely N-dealkylation sites (tertiary alicyclic amines) is 1. The summed E-state index contributed by atoms with van der Waals surface area (Å²) in [4.78, 5) is 26.8. The molecule has 1 atom stereocenters. The molecular weight excluding hydrogens is 355 g/mol. The van der Waals surface area contributed by atoms with Gasteiger partial charge in [-0.25, -0.2) is 4.39 Å². The van der Waals surface area contributed by atoms with E-state index in [0.717, 1.165) is 12.1 Å². The number of carbonyl (C=O) groups is 2. The van der Waals surface area contributed by atoms with Crippen molar-refractivity contribution < 1.29 is 14.0 Å². The molecule has 1 N–H and O–H groups in total. The molecule has 1 fully saturated rings. The molecule has 2 amide bonds. The molecule has 28 heavy (non-hydrogen) atoms. The van der Waals surface area contributed by atoms with Crippen molar-refractivity contribution in [3.63, 3.8) is 0 Å². The van der Waals surface area contributed by atoms with E-state index in [1.807, 2.05) is 12.1 Å². The van der Waals surface area contributed by atoms with E-state index in [1.165, 1.54) is 23.8 Å². The van der Waals surface area contributed by atoms with Crippen LogP contribution in [0.25, 0.3) is 0 Å². The van der Waals surface area contributed by atoms with Gasteiger partial charge in [-0.3, -0.25) is 9.59 Å². The van der Waals surface area contributed by atoms with Crippen molar-refractivity contribution >= 4 is 17.5 Å². The normalized spacial score (nSPS) is 15.9. The van der Waals surface area contributed by atoms with Crippen LogP contribution in [0.15, 0.2) is 48.5 Å². The minimum atomic E-state index is -0.417.